The summed E-state index contributed by atoms with van der Waals surface area (Å²) in [6, 6.07) is 7.54. The molecule has 0 aliphatic carbocycles. The van der Waals surface area contributed by atoms with E-state index in [1.165, 1.54) is 6.92 Å². The molecule has 2 aromatic rings. The molecule has 1 heterocycles. The molecule has 5 heteroatoms. The van der Waals surface area contributed by atoms with Gasteiger partial charge >= 0.3 is 0 Å². The van der Waals surface area contributed by atoms with Gasteiger partial charge in [0.25, 0.3) is 0 Å². The van der Waals surface area contributed by atoms with E-state index in [4.69, 9.17) is 0 Å². The Balaban J connectivity index is 2.34. The first-order valence-corrected chi connectivity index (χ1v) is 6.97. The highest BCUT2D eigenvalue weighted by Crippen LogP contribution is 2.24. The van der Waals surface area contributed by atoms with Crippen molar-refractivity contribution in [3.05, 3.63) is 36.0 Å². The first kappa shape index (κ1) is 15.0. The van der Waals surface area contributed by atoms with Crippen LogP contribution in [0.1, 0.15) is 43.6 Å². The highest BCUT2D eigenvalue weighted by molar-refractivity contribution is 5.89. The zero-order valence-corrected chi connectivity index (χ0v) is 12.5. The van der Waals surface area contributed by atoms with Gasteiger partial charge in [-0.2, -0.15) is 5.10 Å². The van der Waals surface area contributed by atoms with E-state index >= 15 is 0 Å². The van der Waals surface area contributed by atoms with Crippen molar-refractivity contribution in [3.63, 3.8) is 0 Å². The monoisotopic (exact) mass is 285 g/mol. The summed E-state index contributed by atoms with van der Waals surface area (Å²) in [5.74, 6) is -0.114. The highest BCUT2D eigenvalue weighted by atomic mass is 16.1. The maximum atomic E-state index is 11.2. The van der Waals surface area contributed by atoms with Crippen LogP contribution in [0.3, 0.4) is 0 Å². The Morgan fingerprint density at radius 2 is 2.05 bits per heavy atom. The molecule has 2 rings (SSSR count). The fraction of sp³-hybridized carbons (Fsp3) is 0.312. The van der Waals surface area contributed by atoms with Crippen LogP contribution in [0.4, 0.5) is 5.69 Å². The number of carbonyl (C=O) groups is 2. The van der Waals surface area contributed by atoms with E-state index in [-0.39, 0.29) is 11.9 Å². The average Bonchev–Trinajstić information content (AvgIpc) is 2.91. The lowest BCUT2D eigenvalue weighted by molar-refractivity contribution is -0.114. The molecule has 0 radical (unpaired) electrons. The zero-order chi connectivity index (χ0) is 15.4. The van der Waals surface area contributed by atoms with E-state index < -0.39 is 0 Å². The van der Waals surface area contributed by atoms with Crippen molar-refractivity contribution < 1.29 is 9.59 Å². The lowest BCUT2D eigenvalue weighted by atomic mass is 10.1. The number of nitrogens with one attached hydrogen (secondary N) is 1. The van der Waals surface area contributed by atoms with Gasteiger partial charge in [0.05, 0.1) is 5.56 Å². The van der Waals surface area contributed by atoms with Crippen molar-refractivity contribution in [3.8, 4) is 11.3 Å². The molecule has 1 N–H and O–H groups in total. The normalized spacial score (nSPS) is 12.0. The van der Waals surface area contributed by atoms with E-state index in [2.05, 4.69) is 24.3 Å². The number of anilines is 1. The standard InChI is InChI=1S/C16H19N3O2/c1-4-11(2)19-9-14(10-20)16(18-19)13-5-7-15(8-6-13)17-12(3)21/h5-11H,4H2,1-3H3,(H,17,21). The Bertz CT molecular complexity index is 644. The molecule has 21 heavy (non-hydrogen) atoms. The number of amides is 1. The number of benzene rings is 1. The van der Waals surface area contributed by atoms with Gasteiger partial charge < -0.3 is 5.32 Å². The molecule has 5 nitrogen and oxygen atoms in total. The van der Waals surface area contributed by atoms with Crippen LogP contribution in [0.2, 0.25) is 0 Å². The highest BCUT2D eigenvalue weighted by Gasteiger charge is 2.13. The predicted octanol–water partition coefficient (Wildman–Crippen LogP) is 3.29. The van der Waals surface area contributed by atoms with Crippen LogP contribution in [-0.2, 0) is 4.79 Å². The zero-order valence-electron chi connectivity index (χ0n) is 12.5. The summed E-state index contributed by atoms with van der Waals surface area (Å²) >= 11 is 0. The van der Waals surface area contributed by atoms with Gasteiger partial charge in [-0.05, 0) is 25.5 Å². The largest absolute Gasteiger partial charge is 0.326 e. The van der Waals surface area contributed by atoms with Crippen molar-refractivity contribution in [1.29, 1.82) is 0 Å². The Hall–Kier alpha value is -2.43. The van der Waals surface area contributed by atoms with Crippen molar-refractivity contribution in [2.75, 3.05) is 5.32 Å². The van der Waals surface area contributed by atoms with Crippen molar-refractivity contribution in [2.24, 2.45) is 0 Å². The molecule has 0 fully saturated rings. The molecule has 1 aromatic heterocycles. The molecule has 0 spiro atoms. The van der Waals surface area contributed by atoms with Crippen LogP contribution < -0.4 is 5.32 Å². The molecule has 110 valence electrons. The van der Waals surface area contributed by atoms with E-state index in [1.807, 2.05) is 16.8 Å². The van der Waals surface area contributed by atoms with Crippen LogP contribution >= 0.6 is 0 Å². The maximum Gasteiger partial charge on any atom is 0.221 e. The SMILES string of the molecule is CCC(C)n1cc(C=O)c(-c2ccc(NC(C)=O)cc2)n1. The molecular formula is C16H19N3O2. The number of aldehydes is 1. The third-order valence-corrected chi connectivity index (χ3v) is 3.41. The van der Waals surface area contributed by atoms with Crippen LogP contribution in [0.25, 0.3) is 11.3 Å². The third-order valence-electron chi connectivity index (χ3n) is 3.41. The Morgan fingerprint density at radius 3 is 2.57 bits per heavy atom. The Kier molecular flexibility index (Phi) is 4.52. The van der Waals surface area contributed by atoms with Crippen LogP contribution in [0, 0.1) is 0 Å². The second-order valence-corrected chi connectivity index (χ2v) is 5.05. The van der Waals surface area contributed by atoms with E-state index in [0.29, 0.717) is 11.3 Å². The van der Waals surface area contributed by atoms with Crippen LogP contribution in [-0.4, -0.2) is 22.0 Å². The van der Waals surface area contributed by atoms with Gasteiger partial charge in [0.15, 0.2) is 6.29 Å². The van der Waals surface area contributed by atoms with Crippen molar-refractivity contribution >= 4 is 17.9 Å². The molecule has 1 atom stereocenters. The molecule has 1 unspecified atom stereocenters. The van der Waals surface area contributed by atoms with Gasteiger partial charge in [-0.25, -0.2) is 0 Å². The van der Waals surface area contributed by atoms with E-state index in [1.54, 1.807) is 18.3 Å². The molecule has 0 aliphatic rings. The average molecular weight is 285 g/mol. The molecule has 1 amide bonds. The van der Waals surface area contributed by atoms with Gasteiger partial charge in [0.2, 0.25) is 5.91 Å². The molecule has 0 saturated carbocycles. The van der Waals surface area contributed by atoms with Gasteiger partial charge in [0, 0.05) is 30.4 Å². The number of nitrogens with zero attached hydrogens (tertiary/aromatic N) is 2. The summed E-state index contributed by atoms with van der Waals surface area (Å²) in [5.41, 5.74) is 2.82. The van der Waals surface area contributed by atoms with Gasteiger partial charge in [-0.1, -0.05) is 19.1 Å². The maximum absolute atomic E-state index is 11.2. The van der Waals surface area contributed by atoms with Gasteiger partial charge in [-0.15, -0.1) is 0 Å². The first-order chi connectivity index (χ1) is 10.0. The minimum Gasteiger partial charge on any atom is -0.326 e. The predicted molar refractivity (Wildman–Crippen MR) is 82.4 cm³/mol. The second-order valence-electron chi connectivity index (χ2n) is 5.05. The van der Waals surface area contributed by atoms with Crippen LogP contribution in [0.15, 0.2) is 30.5 Å². The van der Waals surface area contributed by atoms with Gasteiger partial charge in [0.1, 0.15) is 5.69 Å². The second kappa shape index (κ2) is 6.35. The number of carbonyl (C=O) groups excluding carboxylic acids is 2. The fourth-order valence-corrected chi connectivity index (χ4v) is 2.04. The summed E-state index contributed by atoms with van der Waals surface area (Å²) in [5, 5.41) is 7.22. The summed E-state index contributed by atoms with van der Waals surface area (Å²) in [6.45, 7) is 5.60. The Labute approximate surface area is 124 Å². The molecule has 1 aromatic carbocycles. The van der Waals surface area contributed by atoms with E-state index in [9.17, 15) is 9.59 Å². The summed E-state index contributed by atoms with van der Waals surface area (Å²) in [6.07, 6.45) is 3.54. The van der Waals surface area contributed by atoms with Crippen molar-refractivity contribution in [1.82, 2.24) is 9.78 Å². The lowest BCUT2D eigenvalue weighted by Crippen LogP contribution is -2.05. The summed E-state index contributed by atoms with van der Waals surface area (Å²) in [4.78, 5) is 22.2. The topological polar surface area (TPSA) is 64.0 Å². The molecular weight excluding hydrogens is 266 g/mol. The molecule has 0 saturated heterocycles. The fourth-order valence-electron chi connectivity index (χ4n) is 2.04. The number of aromatic nitrogens is 2. The number of hydrogen-bond donors (Lipinski definition) is 1. The summed E-state index contributed by atoms with van der Waals surface area (Å²) < 4.78 is 1.82. The third kappa shape index (κ3) is 3.37. The first-order valence-electron chi connectivity index (χ1n) is 6.97. The lowest BCUT2D eigenvalue weighted by Gasteiger charge is -2.08. The van der Waals surface area contributed by atoms with Crippen molar-refractivity contribution in [2.45, 2.75) is 33.2 Å². The van der Waals surface area contributed by atoms with E-state index in [0.717, 1.165) is 24.0 Å². The van der Waals surface area contributed by atoms with Gasteiger partial charge in [-0.3, -0.25) is 14.3 Å². The summed E-state index contributed by atoms with van der Waals surface area (Å²) in [7, 11) is 0. The smallest absolute Gasteiger partial charge is 0.221 e. The minimum atomic E-state index is -0.114. The quantitative estimate of drug-likeness (QED) is 0.857. The Morgan fingerprint density at radius 1 is 1.38 bits per heavy atom. The number of rotatable bonds is 5. The molecule has 0 bridgehead atoms. The number of hydrogen-bond acceptors (Lipinski definition) is 3. The minimum absolute atomic E-state index is 0.114. The molecule has 0 aliphatic heterocycles. The van der Waals surface area contributed by atoms with Crippen LogP contribution in [0.5, 0.6) is 0 Å².